The standard InChI is InChI=1S/C16H24ClNO2/c1-12-5-4-8-16(12)18-9-14(19)11-20-10-13-6-2-3-7-15(13)17/h2-3,6-7,12,14,16,18-19H,4-5,8-11H2,1H3. The molecule has 0 bridgehead atoms. The largest absolute Gasteiger partial charge is 0.389 e. The van der Waals surface area contributed by atoms with Crippen molar-refractivity contribution >= 4 is 11.6 Å². The van der Waals surface area contributed by atoms with Gasteiger partial charge in [-0.05, 0) is 30.4 Å². The first-order chi connectivity index (χ1) is 9.66. The third-order valence-electron chi connectivity index (χ3n) is 4.00. The molecule has 1 aliphatic carbocycles. The van der Waals surface area contributed by atoms with Gasteiger partial charge in [-0.2, -0.15) is 0 Å². The molecule has 0 aliphatic heterocycles. The van der Waals surface area contributed by atoms with Gasteiger partial charge in [-0.25, -0.2) is 0 Å². The van der Waals surface area contributed by atoms with Crippen molar-refractivity contribution in [2.24, 2.45) is 5.92 Å². The van der Waals surface area contributed by atoms with Gasteiger partial charge in [-0.3, -0.25) is 0 Å². The lowest BCUT2D eigenvalue weighted by molar-refractivity contribution is 0.0271. The lowest BCUT2D eigenvalue weighted by Crippen LogP contribution is -2.38. The maximum atomic E-state index is 9.92. The minimum absolute atomic E-state index is 0.333. The van der Waals surface area contributed by atoms with E-state index in [1.54, 1.807) is 0 Å². The molecule has 0 aromatic heterocycles. The van der Waals surface area contributed by atoms with E-state index in [2.05, 4.69) is 12.2 Å². The van der Waals surface area contributed by atoms with E-state index in [-0.39, 0.29) is 0 Å². The first-order valence-corrected chi connectivity index (χ1v) is 7.77. The van der Waals surface area contributed by atoms with Crippen LogP contribution in [0.4, 0.5) is 0 Å². The zero-order valence-electron chi connectivity index (χ0n) is 12.0. The third-order valence-corrected chi connectivity index (χ3v) is 4.37. The van der Waals surface area contributed by atoms with Crippen molar-refractivity contribution in [3.63, 3.8) is 0 Å². The Bertz CT molecular complexity index is 413. The van der Waals surface area contributed by atoms with Crippen molar-refractivity contribution in [3.8, 4) is 0 Å². The van der Waals surface area contributed by atoms with E-state index < -0.39 is 6.10 Å². The molecule has 20 heavy (non-hydrogen) atoms. The van der Waals surface area contributed by atoms with E-state index in [4.69, 9.17) is 16.3 Å². The first-order valence-electron chi connectivity index (χ1n) is 7.39. The topological polar surface area (TPSA) is 41.5 Å². The lowest BCUT2D eigenvalue weighted by Gasteiger charge is -2.20. The molecule has 2 N–H and O–H groups in total. The zero-order chi connectivity index (χ0) is 14.4. The summed E-state index contributed by atoms with van der Waals surface area (Å²) in [5.41, 5.74) is 0.957. The van der Waals surface area contributed by atoms with Crippen LogP contribution in [0, 0.1) is 5.92 Å². The molecule has 1 aromatic rings. The number of benzene rings is 1. The fraction of sp³-hybridized carbons (Fsp3) is 0.625. The van der Waals surface area contributed by atoms with Crippen LogP contribution >= 0.6 is 11.6 Å². The monoisotopic (exact) mass is 297 g/mol. The summed E-state index contributed by atoms with van der Waals surface area (Å²) in [4.78, 5) is 0. The quantitative estimate of drug-likeness (QED) is 0.813. The summed E-state index contributed by atoms with van der Waals surface area (Å²) in [5.74, 6) is 0.714. The van der Waals surface area contributed by atoms with E-state index in [1.807, 2.05) is 24.3 Å². The van der Waals surface area contributed by atoms with Gasteiger partial charge in [0.25, 0.3) is 0 Å². The number of nitrogens with one attached hydrogen (secondary N) is 1. The molecule has 3 atom stereocenters. The Morgan fingerprint density at radius 2 is 2.20 bits per heavy atom. The highest BCUT2D eigenvalue weighted by atomic mass is 35.5. The molecular weight excluding hydrogens is 274 g/mol. The second-order valence-electron chi connectivity index (χ2n) is 5.68. The van der Waals surface area contributed by atoms with E-state index in [9.17, 15) is 5.11 Å². The van der Waals surface area contributed by atoms with Crippen molar-refractivity contribution in [1.82, 2.24) is 5.32 Å². The number of aliphatic hydroxyl groups excluding tert-OH is 1. The molecule has 0 radical (unpaired) electrons. The van der Waals surface area contributed by atoms with Crippen molar-refractivity contribution in [1.29, 1.82) is 0 Å². The van der Waals surface area contributed by atoms with Gasteiger partial charge >= 0.3 is 0 Å². The number of aliphatic hydroxyl groups is 1. The summed E-state index contributed by atoms with van der Waals surface area (Å²) < 4.78 is 5.53. The summed E-state index contributed by atoms with van der Waals surface area (Å²) in [6.07, 6.45) is 3.33. The Morgan fingerprint density at radius 1 is 1.40 bits per heavy atom. The van der Waals surface area contributed by atoms with Crippen molar-refractivity contribution in [2.75, 3.05) is 13.2 Å². The Labute approximate surface area is 126 Å². The smallest absolute Gasteiger partial charge is 0.0897 e. The lowest BCUT2D eigenvalue weighted by atomic mass is 10.1. The van der Waals surface area contributed by atoms with Crippen LogP contribution in [-0.2, 0) is 11.3 Å². The molecule has 3 nitrogen and oxygen atoms in total. The zero-order valence-corrected chi connectivity index (χ0v) is 12.8. The van der Waals surface area contributed by atoms with Crippen LogP contribution in [0.1, 0.15) is 31.7 Å². The highest BCUT2D eigenvalue weighted by Crippen LogP contribution is 2.24. The average molecular weight is 298 g/mol. The highest BCUT2D eigenvalue weighted by Gasteiger charge is 2.23. The molecule has 0 saturated heterocycles. The Morgan fingerprint density at radius 3 is 2.90 bits per heavy atom. The molecular formula is C16H24ClNO2. The van der Waals surface area contributed by atoms with Gasteiger partial charge < -0.3 is 15.2 Å². The van der Waals surface area contributed by atoms with Gasteiger partial charge in [0.2, 0.25) is 0 Å². The summed E-state index contributed by atoms with van der Waals surface area (Å²) in [6, 6.07) is 8.16. The number of halogens is 1. The predicted octanol–water partition coefficient (Wildman–Crippen LogP) is 3.00. The second kappa shape index (κ2) is 7.99. The number of ether oxygens (including phenoxy) is 1. The average Bonchev–Trinajstić information content (AvgIpc) is 2.84. The SMILES string of the molecule is CC1CCCC1NCC(O)COCc1ccccc1Cl. The van der Waals surface area contributed by atoms with Crippen LogP contribution in [0.3, 0.4) is 0 Å². The maximum Gasteiger partial charge on any atom is 0.0897 e. The summed E-state index contributed by atoms with van der Waals surface area (Å²) >= 11 is 6.05. The van der Waals surface area contributed by atoms with Crippen LogP contribution in [0.25, 0.3) is 0 Å². The fourth-order valence-electron chi connectivity index (χ4n) is 2.72. The maximum absolute atomic E-state index is 9.92. The number of hydrogen-bond acceptors (Lipinski definition) is 3. The molecule has 112 valence electrons. The molecule has 0 amide bonds. The second-order valence-corrected chi connectivity index (χ2v) is 6.09. The summed E-state index contributed by atoms with van der Waals surface area (Å²) in [6.45, 7) is 3.64. The van der Waals surface area contributed by atoms with Crippen molar-refractivity contribution < 1.29 is 9.84 Å². The predicted molar refractivity (Wildman–Crippen MR) is 81.9 cm³/mol. The third kappa shape index (κ3) is 4.74. The van der Waals surface area contributed by atoms with Crippen LogP contribution in [-0.4, -0.2) is 30.4 Å². The Balaban J connectivity index is 1.63. The van der Waals surface area contributed by atoms with Crippen molar-refractivity contribution in [3.05, 3.63) is 34.9 Å². The van der Waals surface area contributed by atoms with E-state index in [0.29, 0.717) is 36.7 Å². The molecule has 1 aliphatic rings. The highest BCUT2D eigenvalue weighted by molar-refractivity contribution is 6.31. The van der Waals surface area contributed by atoms with Crippen LogP contribution < -0.4 is 5.32 Å². The minimum Gasteiger partial charge on any atom is -0.389 e. The van der Waals surface area contributed by atoms with Gasteiger partial charge in [0.15, 0.2) is 0 Å². The van der Waals surface area contributed by atoms with Crippen LogP contribution in [0.5, 0.6) is 0 Å². The first kappa shape index (κ1) is 15.8. The number of rotatable bonds is 7. The van der Waals surface area contributed by atoms with E-state index in [1.165, 1.54) is 19.3 Å². The van der Waals surface area contributed by atoms with E-state index in [0.717, 1.165) is 5.56 Å². The van der Waals surface area contributed by atoms with E-state index >= 15 is 0 Å². The van der Waals surface area contributed by atoms with Gasteiger partial charge in [0.1, 0.15) is 0 Å². The molecule has 0 spiro atoms. The Hall–Kier alpha value is -0.610. The van der Waals surface area contributed by atoms with Crippen LogP contribution in [0.15, 0.2) is 24.3 Å². The molecule has 1 aromatic carbocycles. The molecule has 4 heteroatoms. The Kier molecular flexibility index (Phi) is 6.30. The molecule has 2 rings (SSSR count). The fourth-order valence-corrected chi connectivity index (χ4v) is 2.91. The van der Waals surface area contributed by atoms with Gasteiger partial charge in [0, 0.05) is 17.6 Å². The van der Waals surface area contributed by atoms with Gasteiger partial charge in [0.05, 0.1) is 19.3 Å². The minimum atomic E-state index is -0.467. The van der Waals surface area contributed by atoms with Crippen LogP contribution in [0.2, 0.25) is 5.02 Å². The number of hydrogen-bond donors (Lipinski definition) is 2. The molecule has 3 unspecified atom stereocenters. The summed E-state index contributed by atoms with van der Waals surface area (Å²) in [7, 11) is 0. The summed E-state index contributed by atoms with van der Waals surface area (Å²) in [5, 5.41) is 14.1. The molecule has 0 heterocycles. The molecule has 1 saturated carbocycles. The molecule has 1 fully saturated rings. The van der Waals surface area contributed by atoms with Gasteiger partial charge in [-0.15, -0.1) is 0 Å². The van der Waals surface area contributed by atoms with Crippen molar-refractivity contribution in [2.45, 2.75) is 44.9 Å². The normalized spacial score (nSPS) is 23.9. The van der Waals surface area contributed by atoms with Gasteiger partial charge in [-0.1, -0.05) is 43.1 Å².